The van der Waals surface area contributed by atoms with Gasteiger partial charge < -0.3 is 19.9 Å². The minimum Gasteiger partial charge on any atom is -0.481 e. The lowest BCUT2D eigenvalue weighted by molar-refractivity contribution is -0.139. The summed E-state index contributed by atoms with van der Waals surface area (Å²) in [6.07, 6.45) is -0.567. The van der Waals surface area contributed by atoms with Crippen LogP contribution in [0.25, 0.3) is 0 Å². The van der Waals surface area contributed by atoms with E-state index in [1.54, 1.807) is 49.2 Å². The molecule has 2 aromatic carbocycles. The molecule has 0 saturated heterocycles. The quantitative estimate of drug-likeness (QED) is 0.721. The molecule has 0 aromatic heterocycles. The third kappa shape index (κ3) is 4.99. The molecule has 0 radical (unpaired) electrons. The zero-order chi connectivity index (χ0) is 21.8. The van der Waals surface area contributed by atoms with Crippen LogP contribution in [-0.2, 0) is 14.4 Å². The van der Waals surface area contributed by atoms with Gasteiger partial charge in [-0.1, -0.05) is 28.1 Å². The van der Waals surface area contributed by atoms with Crippen molar-refractivity contribution in [3.63, 3.8) is 0 Å². The van der Waals surface area contributed by atoms with Crippen LogP contribution in [0.4, 0.5) is 11.4 Å². The number of halogens is 1. The standard InChI is InChI=1S/C22H24BrN3O4/c1-14-12-20(27)24-18-6-4-5-7-19(18)26(14)21(28)13-25(3)22(29)15(2)30-17-10-8-16(23)9-11-17/h4-11,14-15H,12-13H2,1-3H3,(H,24,27)/t14-,15-/m1/s1. The number of benzene rings is 2. The van der Waals surface area contributed by atoms with Gasteiger partial charge in [0, 0.05) is 24.0 Å². The van der Waals surface area contributed by atoms with Gasteiger partial charge >= 0.3 is 0 Å². The Labute approximate surface area is 184 Å². The largest absolute Gasteiger partial charge is 0.481 e. The summed E-state index contributed by atoms with van der Waals surface area (Å²) < 4.78 is 6.61. The molecule has 30 heavy (non-hydrogen) atoms. The number of amides is 3. The first-order valence-corrected chi connectivity index (χ1v) is 10.4. The molecular weight excluding hydrogens is 450 g/mol. The van der Waals surface area contributed by atoms with E-state index in [1.165, 1.54) is 4.90 Å². The van der Waals surface area contributed by atoms with Crippen LogP contribution in [0, 0.1) is 0 Å². The van der Waals surface area contributed by atoms with Crippen molar-refractivity contribution in [1.82, 2.24) is 4.90 Å². The molecule has 0 saturated carbocycles. The molecule has 3 rings (SSSR count). The summed E-state index contributed by atoms with van der Waals surface area (Å²) in [6, 6.07) is 14.0. The van der Waals surface area contributed by atoms with Crippen LogP contribution in [0.2, 0.25) is 0 Å². The van der Waals surface area contributed by atoms with Crippen molar-refractivity contribution >= 4 is 45.0 Å². The van der Waals surface area contributed by atoms with Gasteiger partial charge in [0.2, 0.25) is 11.8 Å². The minimum absolute atomic E-state index is 0.125. The van der Waals surface area contributed by atoms with Crippen LogP contribution in [0.3, 0.4) is 0 Å². The van der Waals surface area contributed by atoms with Gasteiger partial charge in [-0.2, -0.15) is 0 Å². The molecule has 0 bridgehead atoms. The predicted octanol–water partition coefficient (Wildman–Crippen LogP) is 3.44. The van der Waals surface area contributed by atoms with E-state index in [4.69, 9.17) is 4.74 Å². The van der Waals surface area contributed by atoms with Crippen molar-refractivity contribution in [3.8, 4) is 5.75 Å². The van der Waals surface area contributed by atoms with E-state index < -0.39 is 6.10 Å². The second kappa shape index (κ2) is 9.30. The van der Waals surface area contributed by atoms with Crippen molar-refractivity contribution in [2.45, 2.75) is 32.4 Å². The Bertz CT molecular complexity index is 948. The highest BCUT2D eigenvalue weighted by Gasteiger charge is 2.31. The molecule has 0 unspecified atom stereocenters. The Morgan fingerprint density at radius 3 is 2.60 bits per heavy atom. The Morgan fingerprint density at radius 2 is 1.90 bits per heavy atom. The first kappa shape index (κ1) is 21.8. The van der Waals surface area contributed by atoms with Crippen molar-refractivity contribution in [2.24, 2.45) is 0 Å². The zero-order valence-corrected chi connectivity index (χ0v) is 18.7. The van der Waals surface area contributed by atoms with Gasteiger partial charge in [-0.3, -0.25) is 14.4 Å². The van der Waals surface area contributed by atoms with E-state index in [0.717, 1.165) is 4.47 Å². The van der Waals surface area contributed by atoms with Crippen LogP contribution in [0.5, 0.6) is 5.75 Å². The van der Waals surface area contributed by atoms with Gasteiger partial charge in [-0.15, -0.1) is 0 Å². The number of anilines is 2. The molecule has 1 aliphatic heterocycles. The minimum atomic E-state index is -0.749. The number of hydrogen-bond acceptors (Lipinski definition) is 4. The monoisotopic (exact) mass is 473 g/mol. The van der Waals surface area contributed by atoms with Crippen molar-refractivity contribution < 1.29 is 19.1 Å². The van der Waals surface area contributed by atoms with Crippen LogP contribution < -0.4 is 15.0 Å². The van der Waals surface area contributed by atoms with E-state index >= 15 is 0 Å². The maximum atomic E-state index is 13.1. The lowest BCUT2D eigenvalue weighted by Gasteiger charge is -2.30. The summed E-state index contributed by atoms with van der Waals surface area (Å²) in [5, 5.41) is 2.83. The molecule has 3 amide bonds. The lowest BCUT2D eigenvalue weighted by Crippen LogP contribution is -2.47. The average Bonchev–Trinajstić information content (AvgIpc) is 2.83. The van der Waals surface area contributed by atoms with Gasteiger partial charge in [-0.05, 0) is 50.2 Å². The topological polar surface area (TPSA) is 79.0 Å². The molecule has 2 aromatic rings. The van der Waals surface area contributed by atoms with E-state index in [-0.39, 0.29) is 36.7 Å². The zero-order valence-electron chi connectivity index (χ0n) is 17.1. The van der Waals surface area contributed by atoms with Crippen molar-refractivity contribution in [2.75, 3.05) is 23.8 Å². The summed E-state index contributed by atoms with van der Waals surface area (Å²) in [7, 11) is 1.57. The third-order valence-electron chi connectivity index (χ3n) is 4.85. The van der Waals surface area contributed by atoms with Gasteiger partial charge in [-0.25, -0.2) is 0 Å². The van der Waals surface area contributed by atoms with E-state index in [0.29, 0.717) is 17.1 Å². The Morgan fingerprint density at radius 1 is 1.23 bits per heavy atom. The molecule has 1 N–H and O–H groups in total. The number of carbonyl (C=O) groups excluding carboxylic acids is 3. The molecular formula is C22H24BrN3O4. The molecule has 7 nitrogen and oxygen atoms in total. The lowest BCUT2D eigenvalue weighted by atomic mass is 10.1. The first-order valence-electron chi connectivity index (χ1n) is 9.64. The normalized spacial score (nSPS) is 16.7. The van der Waals surface area contributed by atoms with E-state index in [2.05, 4.69) is 21.2 Å². The highest BCUT2D eigenvalue weighted by atomic mass is 79.9. The summed E-state index contributed by atoms with van der Waals surface area (Å²) in [4.78, 5) is 40.9. The van der Waals surface area contributed by atoms with Crippen molar-refractivity contribution in [3.05, 3.63) is 53.0 Å². The van der Waals surface area contributed by atoms with Gasteiger partial charge in [0.15, 0.2) is 6.10 Å². The molecule has 8 heteroatoms. The van der Waals surface area contributed by atoms with E-state index in [9.17, 15) is 14.4 Å². The second-order valence-electron chi connectivity index (χ2n) is 7.29. The fourth-order valence-electron chi connectivity index (χ4n) is 3.40. The average molecular weight is 474 g/mol. The molecule has 1 aliphatic rings. The fraction of sp³-hybridized carbons (Fsp3) is 0.318. The SMILES string of the molecule is C[C@@H]1CC(=O)Nc2ccccc2N1C(=O)CN(C)C(=O)[C@@H](C)Oc1ccc(Br)cc1. The maximum absolute atomic E-state index is 13.1. The van der Waals surface area contributed by atoms with Crippen LogP contribution in [0.15, 0.2) is 53.0 Å². The predicted molar refractivity (Wildman–Crippen MR) is 119 cm³/mol. The Hall–Kier alpha value is -2.87. The van der Waals surface area contributed by atoms with Gasteiger partial charge in [0.05, 0.1) is 17.9 Å². The van der Waals surface area contributed by atoms with Crippen LogP contribution >= 0.6 is 15.9 Å². The summed E-state index contributed by atoms with van der Waals surface area (Å²) >= 11 is 3.36. The number of carbonyl (C=O) groups is 3. The number of fused-ring (bicyclic) bond motifs is 1. The Kier molecular flexibility index (Phi) is 6.77. The molecule has 2 atom stereocenters. The molecule has 1 heterocycles. The second-order valence-corrected chi connectivity index (χ2v) is 8.21. The van der Waals surface area contributed by atoms with Crippen LogP contribution in [-0.4, -0.2) is 48.4 Å². The van der Waals surface area contributed by atoms with Crippen LogP contribution in [0.1, 0.15) is 20.3 Å². The number of ether oxygens (including phenoxy) is 1. The molecule has 0 fully saturated rings. The van der Waals surface area contributed by atoms with Crippen molar-refractivity contribution in [1.29, 1.82) is 0 Å². The Balaban J connectivity index is 1.70. The summed E-state index contributed by atoms with van der Waals surface area (Å²) in [5.41, 5.74) is 1.21. The van der Waals surface area contributed by atoms with E-state index in [1.807, 2.05) is 25.1 Å². The molecule has 0 aliphatic carbocycles. The molecule has 0 spiro atoms. The van der Waals surface area contributed by atoms with Gasteiger partial charge in [0.1, 0.15) is 5.75 Å². The summed E-state index contributed by atoms with van der Waals surface area (Å²) in [6.45, 7) is 3.35. The number of nitrogens with zero attached hydrogens (tertiary/aromatic N) is 2. The first-order chi connectivity index (χ1) is 14.3. The number of likely N-dealkylation sites (N-methyl/N-ethyl adjacent to an activating group) is 1. The molecule has 158 valence electrons. The number of hydrogen-bond donors (Lipinski definition) is 1. The number of rotatable bonds is 5. The third-order valence-corrected chi connectivity index (χ3v) is 5.38. The number of nitrogens with one attached hydrogen (secondary N) is 1. The van der Waals surface area contributed by atoms with Gasteiger partial charge in [0.25, 0.3) is 5.91 Å². The summed E-state index contributed by atoms with van der Waals surface area (Å²) in [5.74, 6) is -0.154. The number of para-hydroxylation sites is 2. The fourth-order valence-corrected chi connectivity index (χ4v) is 3.67. The smallest absolute Gasteiger partial charge is 0.263 e. The highest BCUT2D eigenvalue weighted by molar-refractivity contribution is 9.10. The maximum Gasteiger partial charge on any atom is 0.263 e. The highest BCUT2D eigenvalue weighted by Crippen LogP contribution is 2.31.